The zero-order valence-corrected chi connectivity index (χ0v) is 50.2. The molecule has 9 rings (SSSR count). The van der Waals surface area contributed by atoms with Crippen LogP contribution < -0.4 is 37.5 Å². The van der Waals surface area contributed by atoms with Crippen LogP contribution in [0.25, 0.3) is 21.7 Å². The van der Waals surface area contributed by atoms with Gasteiger partial charge in [0.2, 0.25) is 18.5 Å². The Hall–Kier alpha value is -7.21. The van der Waals surface area contributed by atoms with Crippen LogP contribution in [0.4, 0.5) is 5.69 Å². The number of aliphatic hydroxyl groups is 8. The highest BCUT2D eigenvalue weighted by Crippen LogP contribution is 2.48. The summed E-state index contributed by atoms with van der Waals surface area (Å²) >= 11 is 6.64. The highest BCUT2D eigenvalue weighted by atomic mass is 35.5. The number of carbonyl (C=O) groups excluding carboxylic acids is 3. The first-order valence-corrected chi connectivity index (χ1v) is 30.2. The Morgan fingerprint density at radius 2 is 1.48 bits per heavy atom. The van der Waals surface area contributed by atoms with Crippen LogP contribution in [0.2, 0.25) is 0 Å². The molecule has 89 heavy (non-hydrogen) atoms. The molecule has 3 aliphatic heterocycles. The molecule has 0 saturated carbocycles. The number of rotatable bonds is 28. The number of aromatic nitrogens is 4. The fourth-order valence-electron chi connectivity index (χ4n) is 10.2. The van der Waals surface area contributed by atoms with Crippen LogP contribution in [0, 0.1) is 0 Å². The van der Waals surface area contributed by atoms with E-state index in [1.807, 2.05) is 0 Å². The number of ether oxygens (including phenoxy) is 8. The van der Waals surface area contributed by atoms with Crippen LogP contribution in [0.15, 0.2) is 66.9 Å². The molecule has 0 spiro atoms. The first-order valence-electron chi connectivity index (χ1n) is 28.3. The lowest BCUT2D eigenvalue weighted by molar-refractivity contribution is -0.277. The third kappa shape index (κ3) is 15.0. The van der Waals surface area contributed by atoms with E-state index in [1.54, 1.807) is 42.9 Å². The van der Waals surface area contributed by atoms with Gasteiger partial charge in [-0.1, -0.05) is 12.1 Å². The van der Waals surface area contributed by atoms with E-state index in [-0.39, 0.29) is 91.0 Å². The molecule has 484 valence electrons. The molecule has 6 aromatic rings. The molecule has 2 saturated heterocycles. The molecule has 0 bridgehead atoms. The fraction of sp³-hybridized carbons (Fsp3) is 0.491. The third-order valence-electron chi connectivity index (χ3n) is 15.0. The molecule has 0 radical (unpaired) electrons. The molecule has 4 aromatic carbocycles. The molecule has 32 heteroatoms. The van der Waals surface area contributed by atoms with E-state index in [9.17, 15) is 63.7 Å². The van der Waals surface area contributed by atoms with Crippen molar-refractivity contribution in [3.8, 4) is 34.5 Å². The van der Waals surface area contributed by atoms with Crippen molar-refractivity contribution in [2.75, 3.05) is 84.4 Å². The number of benzene rings is 4. The van der Waals surface area contributed by atoms with Gasteiger partial charge >= 0.3 is 10.4 Å². The van der Waals surface area contributed by atoms with E-state index in [1.165, 1.54) is 54.3 Å². The number of methoxy groups -OCH3 is 1. The molecule has 30 nitrogen and oxygen atoms in total. The second kappa shape index (κ2) is 29.2. The molecule has 0 aliphatic carbocycles. The number of alkyl halides is 1. The number of H-pyrrole nitrogens is 1. The number of halogens is 1. The molecule has 11 atom stereocenters. The van der Waals surface area contributed by atoms with E-state index in [2.05, 4.69) is 20.6 Å². The summed E-state index contributed by atoms with van der Waals surface area (Å²) in [7, 11) is -2.45. The van der Waals surface area contributed by atoms with Gasteiger partial charge in [-0.25, -0.2) is 4.68 Å². The van der Waals surface area contributed by atoms with Gasteiger partial charge in [-0.2, -0.15) is 0 Å². The topological polar surface area (TPSA) is 405 Å². The van der Waals surface area contributed by atoms with Crippen LogP contribution in [-0.4, -0.2) is 233 Å². The monoisotopic (exact) mass is 1290 g/mol. The second-order valence-electron chi connectivity index (χ2n) is 20.9. The van der Waals surface area contributed by atoms with Crippen molar-refractivity contribution in [3.63, 3.8) is 0 Å². The first-order chi connectivity index (χ1) is 42.7. The smallest absolute Gasteiger partial charge is 0.497 e. The molecular formula is C57H70ClN7O23S. The first kappa shape index (κ1) is 66.2. The number of fused-ring (bicyclic) bond motifs is 4. The number of hydrogen-bond acceptors (Lipinski definition) is 25. The normalized spacial score (nSPS) is 23.5. The Bertz CT molecular complexity index is 3570. The van der Waals surface area contributed by atoms with Crippen molar-refractivity contribution in [1.82, 2.24) is 30.2 Å². The zero-order chi connectivity index (χ0) is 63.8. The van der Waals surface area contributed by atoms with Gasteiger partial charge in [0.15, 0.2) is 28.7 Å². The number of nitrogens with zero attached hydrogens (tertiary/aromatic N) is 5. The summed E-state index contributed by atoms with van der Waals surface area (Å²) in [6.45, 7) is 3.10. The average Bonchev–Trinajstić information content (AvgIpc) is 1.67. The van der Waals surface area contributed by atoms with Crippen LogP contribution in [0.5, 0.6) is 34.5 Å². The predicted octanol–water partition coefficient (Wildman–Crippen LogP) is 0.194. The summed E-state index contributed by atoms with van der Waals surface area (Å²) in [6, 6.07) is 14.0. The number of carbonyl (C=O) groups is 3. The van der Waals surface area contributed by atoms with Gasteiger partial charge in [-0.3, -0.25) is 14.4 Å². The maximum atomic E-state index is 14.9. The van der Waals surface area contributed by atoms with Crippen molar-refractivity contribution in [2.45, 2.75) is 101 Å². The number of anilines is 1. The average molecular weight is 1290 g/mol. The van der Waals surface area contributed by atoms with Gasteiger partial charge < -0.3 is 107 Å². The molecule has 10 N–H and O–H groups in total. The highest BCUT2D eigenvalue weighted by molar-refractivity contribution is 7.82. The Labute approximate surface area is 514 Å². The lowest BCUT2D eigenvalue weighted by atomic mass is 9.95. The van der Waals surface area contributed by atoms with Gasteiger partial charge in [0.25, 0.3) is 11.8 Å². The summed E-state index contributed by atoms with van der Waals surface area (Å²) in [6.07, 6.45) is -14.3. The zero-order valence-electron chi connectivity index (χ0n) is 48.6. The maximum absolute atomic E-state index is 14.9. The number of likely N-dealkylation sites (N-methyl/N-ethyl adjacent to an activating group) is 1. The van der Waals surface area contributed by atoms with Gasteiger partial charge in [-0.05, 0) is 66.4 Å². The summed E-state index contributed by atoms with van der Waals surface area (Å²) in [4.78, 5) is 46.0. The molecule has 5 heterocycles. The molecular weight excluding hydrogens is 1220 g/mol. The van der Waals surface area contributed by atoms with Gasteiger partial charge in [0.1, 0.15) is 67.0 Å². The second-order valence-corrected chi connectivity index (χ2v) is 22.4. The SMILES string of the molecule is CCOc1cc2cc(C(=O)N3C[C@@H](CCl)c4c3cc(OS(=O)(=O)Oc3cc(C(=O)N(C)CCOCCn5cc(CCOCNC(=O)CC)nn5)ccc3O[C@@H]3O[C@H](CO)[C@H](O)[C@H](O)[C@H]3O)c3ccc(OC)cc43)[nH]c2cc1O[C@@H]1O[C@H](CO)[C@H](O)[C@H](O)[C@H]1O. The van der Waals surface area contributed by atoms with E-state index in [4.69, 9.17) is 57.9 Å². The Morgan fingerprint density at radius 3 is 2.15 bits per heavy atom. The van der Waals surface area contributed by atoms with E-state index in [0.717, 1.165) is 12.1 Å². The Balaban J connectivity index is 0.961. The highest BCUT2D eigenvalue weighted by Gasteiger charge is 2.47. The Kier molecular flexibility index (Phi) is 21.7. The van der Waals surface area contributed by atoms with Crippen molar-refractivity contribution in [2.24, 2.45) is 0 Å². The Morgan fingerprint density at radius 1 is 0.787 bits per heavy atom. The minimum atomic E-state index is -5.35. The van der Waals surface area contributed by atoms with E-state index in [0.29, 0.717) is 59.3 Å². The predicted molar refractivity (Wildman–Crippen MR) is 311 cm³/mol. The number of amides is 3. The largest absolute Gasteiger partial charge is 0.501 e. The number of aliphatic hydroxyl groups excluding tert-OH is 8. The van der Waals surface area contributed by atoms with Crippen molar-refractivity contribution < 1.29 is 110 Å². The minimum Gasteiger partial charge on any atom is -0.497 e. The molecule has 3 aliphatic rings. The lowest BCUT2D eigenvalue weighted by Crippen LogP contribution is -2.60. The van der Waals surface area contributed by atoms with Crippen molar-refractivity contribution in [3.05, 3.63) is 89.4 Å². The van der Waals surface area contributed by atoms with Gasteiger partial charge in [-0.15, -0.1) is 25.1 Å². The van der Waals surface area contributed by atoms with Crippen LogP contribution >= 0.6 is 11.6 Å². The molecule has 0 unspecified atom stereocenters. The number of hydrogen-bond donors (Lipinski definition) is 10. The summed E-state index contributed by atoms with van der Waals surface area (Å²) < 4.78 is 87.5. The summed E-state index contributed by atoms with van der Waals surface area (Å²) in [5.74, 6) is -2.92. The van der Waals surface area contributed by atoms with Crippen molar-refractivity contribution >= 4 is 67.1 Å². The molecule has 3 amide bonds. The van der Waals surface area contributed by atoms with Crippen LogP contribution in [-0.2, 0) is 47.1 Å². The van der Waals surface area contributed by atoms with Crippen molar-refractivity contribution in [1.29, 1.82) is 0 Å². The van der Waals surface area contributed by atoms with Gasteiger partial charge in [0.05, 0.1) is 64.7 Å². The lowest BCUT2D eigenvalue weighted by Gasteiger charge is -2.39. The van der Waals surface area contributed by atoms with E-state index < -0.39 is 114 Å². The minimum absolute atomic E-state index is 0.00497. The molecule has 2 aromatic heterocycles. The van der Waals surface area contributed by atoms with Gasteiger partial charge in [0, 0.05) is 85.0 Å². The fourth-order valence-corrected chi connectivity index (χ4v) is 11.2. The third-order valence-corrected chi connectivity index (χ3v) is 16.1. The number of aromatic amines is 1. The van der Waals surface area contributed by atoms with E-state index >= 15 is 0 Å². The number of nitrogens with one attached hydrogen (secondary N) is 2. The van der Waals surface area contributed by atoms with Crippen LogP contribution in [0.1, 0.15) is 58.3 Å². The summed E-state index contributed by atoms with van der Waals surface area (Å²) in [5, 5.41) is 95.0. The molecule has 2 fully saturated rings. The quantitative estimate of drug-likeness (QED) is 0.0178. The summed E-state index contributed by atoms with van der Waals surface area (Å²) in [5.41, 5.74) is 1.61. The maximum Gasteiger partial charge on any atom is 0.501 e. The standard InChI is InChI=1S/C57H70ClN7O23S/c1-5-46(68)59-28-81-14-11-32-25-64(62-61-32)13-16-80-15-12-63(3)54(75)29-7-10-39(83-56-52(73)50(71)48(69)44(26-66)85-56)43(18-29)88-89(77,78)87-40-22-38-47(35-20-33(79-4)8-9-34(35)40)31(23-58)24-65(38)55(76)37-17-30-19-41(82-6-2)42(21-36(30)60-37)84-57-53(74)51(72)49(70)45(27-67)86-57/h7-10,17-22,25,31,44-45,48-53,56-57,60,66-67,69-74H,5-6,11-16,23-24,26-28H2,1-4H3,(H,59,68)/t31-,44-,45-,48+,49+,50+,51+,52-,53-,56-,57-/m1/s1. The van der Waals surface area contributed by atoms with Crippen LogP contribution in [0.3, 0.4) is 0 Å².